The lowest BCUT2D eigenvalue weighted by Crippen LogP contribution is -2.28. The molecule has 8 aromatic rings. The number of rotatable bonds is 4. The van der Waals surface area contributed by atoms with Crippen LogP contribution in [0.4, 0.5) is 0 Å². The molecule has 3 unspecified atom stereocenters. The van der Waals surface area contributed by atoms with E-state index in [1.165, 1.54) is 49.6 Å². The quantitative estimate of drug-likeness (QED) is 0.185. The molecule has 53 heavy (non-hydrogen) atoms. The molecule has 0 bridgehead atoms. The Morgan fingerprint density at radius 3 is 2.08 bits per heavy atom. The fourth-order valence-corrected chi connectivity index (χ4v) is 9.53. The van der Waals surface area contributed by atoms with Gasteiger partial charge >= 0.3 is 0 Å². The van der Waals surface area contributed by atoms with Crippen LogP contribution in [0.1, 0.15) is 67.5 Å². The van der Waals surface area contributed by atoms with E-state index >= 15 is 0 Å². The molecule has 5 nitrogen and oxygen atoms in total. The summed E-state index contributed by atoms with van der Waals surface area (Å²) in [5, 5.41) is 2.55. The molecule has 0 radical (unpaired) electrons. The molecule has 256 valence electrons. The maximum Gasteiger partial charge on any atom is 0.163 e. The van der Waals surface area contributed by atoms with Gasteiger partial charge in [-0.15, -0.1) is 0 Å². The Labute approximate surface area is 309 Å². The van der Waals surface area contributed by atoms with E-state index in [2.05, 4.69) is 122 Å². The zero-order chi connectivity index (χ0) is 35.3. The van der Waals surface area contributed by atoms with Crippen LogP contribution in [0.25, 0.3) is 61.4 Å². The summed E-state index contributed by atoms with van der Waals surface area (Å²) in [5.41, 5.74) is 12.3. The molecule has 0 N–H and O–H groups in total. The highest BCUT2D eigenvalue weighted by Gasteiger charge is 2.41. The first-order valence-electron chi connectivity index (χ1n) is 18.9. The van der Waals surface area contributed by atoms with Crippen molar-refractivity contribution in [2.45, 2.75) is 56.5 Å². The SMILES string of the molecule is CC1(C)c2ccccc2-c2cc3c4ccccc4n(-c4ccc5c(c4)OC4CC(c6nc(-c7ccccc7)nc(-c7ccccc7)n6)CCC54)c3cc21. The minimum absolute atomic E-state index is 0.0725. The number of benzene rings is 6. The summed E-state index contributed by atoms with van der Waals surface area (Å²) in [6, 6.07) is 50.0. The second-order valence-electron chi connectivity index (χ2n) is 15.5. The van der Waals surface area contributed by atoms with Gasteiger partial charge in [0.2, 0.25) is 0 Å². The van der Waals surface area contributed by atoms with Crippen LogP contribution >= 0.6 is 0 Å². The van der Waals surface area contributed by atoms with Crippen LogP contribution in [-0.2, 0) is 5.41 Å². The fourth-order valence-electron chi connectivity index (χ4n) is 9.53. The number of nitrogens with zero attached hydrogens (tertiary/aromatic N) is 4. The molecule has 0 saturated heterocycles. The van der Waals surface area contributed by atoms with E-state index in [9.17, 15) is 0 Å². The molecule has 3 heterocycles. The third-order valence-corrected chi connectivity index (χ3v) is 12.2. The van der Waals surface area contributed by atoms with Gasteiger partial charge in [0, 0.05) is 56.5 Å². The summed E-state index contributed by atoms with van der Waals surface area (Å²) in [6.07, 6.45) is 3.00. The molecule has 2 aromatic heterocycles. The first-order valence-corrected chi connectivity index (χ1v) is 18.9. The molecule has 6 aromatic carbocycles. The largest absolute Gasteiger partial charge is 0.489 e. The van der Waals surface area contributed by atoms with Crippen molar-refractivity contribution in [3.63, 3.8) is 0 Å². The summed E-state index contributed by atoms with van der Waals surface area (Å²) in [6.45, 7) is 4.72. The summed E-state index contributed by atoms with van der Waals surface area (Å²) in [4.78, 5) is 15.1. The van der Waals surface area contributed by atoms with Crippen molar-refractivity contribution in [2.75, 3.05) is 0 Å². The minimum Gasteiger partial charge on any atom is -0.489 e. The Balaban J connectivity index is 0.958. The van der Waals surface area contributed by atoms with E-state index in [0.29, 0.717) is 5.92 Å². The van der Waals surface area contributed by atoms with Gasteiger partial charge in [0.15, 0.2) is 11.6 Å². The molecule has 0 amide bonds. The number of hydrogen-bond acceptors (Lipinski definition) is 4. The second-order valence-corrected chi connectivity index (χ2v) is 15.5. The monoisotopic (exact) mass is 686 g/mol. The van der Waals surface area contributed by atoms with E-state index in [1.54, 1.807) is 0 Å². The smallest absolute Gasteiger partial charge is 0.163 e. The summed E-state index contributed by atoms with van der Waals surface area (Å²) < 4.78 is 9.36. The van der Waals surface area contributed by atoms with Crippen molar-refractivity contribution in [3.8, 4) is 45.3 Å². The highest BCUT2D eigenvalue weighted by atomic mass is 16.5. The predicted octanol–water partition coefficient (Wildman–Crippen LogP) is 11.4. The Morgan fingerprint density at radius 2 is 1.30 bits per heavy atom. The molecule has 2 aliphatic carbocycles. The molecule has 1 saturated carbocycles. The first-order chi connectivity index (χ1) is 26.0. The van der Waals surface area contributed by atoms with Crippen LogP contribution in [0.15, 0.2) is 140 Å². The Bertz CT molecular complexity index is 2670. The summed E-state index contributed by atoms with van der Waals surface area (Å²) >= 11 is 0. The number of hydrogen-bond donors (Lipinski definition) is 0. The van der Waals surface area contributed by atoms with Crippen molar-refractivity contribution in [1.29, 1.82) is 0 Å². The topological polar surface area (TPSA) is 52.8 Å². The highest BCUT2D eigenvalue weighted by Crippen LogP contribution is 2.52. The van der Waals surface area contributed by atoms with E-state index in [0.717, 1.165) is 59.3 Å². The van der Waals surface area contributed by atoms with Crippen molar-refractivity contribution in [2.24, 2.45) is 0 Å². The average molecular weight is 687 g/mol. The van der Waals surface area contributed by atoms with Gasteiger partial charge in [-0.3, -0.25) is 0 Å². The number of ether oxygens (including phenoxy) is 1. The lowest BCUT2D eigenvalue weighted by Gasteiger charge is -2.30. The highest BCUT2D eigenvalue weighted by molar-refractivity contribution is 6.11. The Morgan fingerprint density at radius 1 is 0.604 bits per heavy atom. The molecule has 3 atom stereocenters. The van der Waals surface area contributed by atoms with Crippen LogP contribution < -0.4 is 4.74 Å². The third kappa shape index (κ3) is 4.66. The number of aromatic nitrogens is 4. The van der Waals surface area contributed by atoms with Crippen molar-refractivity contribution in [3.05, 3.63) is 162 Å². The minimum atomic E-state index is -0.0725. The molecular formula is C48H38N4O. The molecule has 0 spiro atoms. The molecule has 3 aliphatic rings. The average Bonchev–Trinajstić information content (AvgIpc) is 3.82. The zero-order valence-electron chi connectivity index (χ0n) is 29.8. The van der Waals surface area contributed by atoms with E-state index < -0.39 is 0 Å². The third-order valence-electron chi connectivity index (χ3n) is 12.2. The Kier molecular flexibility index (Phi) is 6.61. The van der Waals surface area contributed by atoms with Gasteiger partial charge in [0.05, 0.1) is 11.0 Å². The molecular weight excluding hydrogens is 649 g/mol. The van der Waals surface area contributed by atoms with Crippen LogP contribution in [0.3, 0.4) is 0 Å². The second kappa shape index (κ2) is 11.5. The molecule has 1 fully saturated rings. The van der Waals surface area contributed by atoms with E-state index in [1.807, 2.05) is 36.4 Å². The zero-order valence-corrected chi connectivity index (χ0v) is 29.8. The van der Waals surface area contributed by atoms with Crippen molar-refractivity contribution in [1.82, 2.24) is 19.5 Å². The molecule has 11 rings (SSSR count). The Hall–Kier alpha value is -6.07. The van der Waals surface area contributed by atoms with Gasteiger partial charge in [-0.1, -0.05) is 123 Å². The first kappa shape index (κ1) is 30.5. The van der Waals surface area contributed by atoms with E-state index in [-0.39, 0.29) is 17.4 Å². The molecule has 1 aliphatic heterocycles. The standard InChI is InChI=1S/C48H38N4O/c1-48(2)39-19-11-9-17-33(39)37-27-38-34-18-10-12-20-41(34)52(42(38)28-40(37)48)32-22-24-36-35-23-21-31(25-43(35)53-44(36)26-32)47-50-45(29-13-5-3-6-14-29)49-46(51-47)30-15-7-4-8-16-30/h3-20,22,24,26-28,31,35,43H,21,23,25H2,1-2H3. The van der Waals surface area contributed by atoms with Crippen molar-refractivity contribution < 1.29 is 4.74 Å². The summed E-state index contributed by atoms with van der Waals surface area (Å²) in [7, 11) is 0. The molecule has 5 heteroatoms. The number of fused-ring (bicyclic) bond motifs is 9. The van der Waals surface area contributed by atoms with Gasteiger partial charge < -0.3 is 9.30 Å². The lowest BCUT2D eigenvalue weighted by atomic mass is 9.77. The van der Waals surface area contributed by atoms with Crippen LogP contribution in [-0.4, -0.2) is 25.6 Å². The predicted molar refractivity (Wildman–Crippen MR) is 213 cm³/mol. The summed E-state index contributed by atoms with van der Waals surface area (Å²) in [5.74, 6) is 3.86. The van der Waals surface area contributed by atoms with Gasteiger partial charge in [-0.2, -0.15) is 0 Å². The van der Waals surface area contributed by atoms with Crippen molar-refractivity contribution >= 4 is 21.8 Å². The van der Waals surface area contributed by atoms with Gasteiger partial charge in [-0.05, 0) is 65.8 Å². The van der Waals surface area contributed by atoms with Gasteiger partial charge in [0.1, 0.15) is 17.7 Å². The maximum absolute atomic E-state index is 6.92. The van der Waals surface area contributed by atoms with Gasteiger partial charge in [0.25, 0.3) is 0 Å². The fraction of sp³-hybridized carbons (Fsp3) is 0.188. The lowest BCUT2D eigenvalue weighted by molar-refractivity contribution is 0.149. The van der Waals surface area contributed by atoms with Crippen LogP contribution in [0.5, 0.6) is 5.75 Å². The van der Waals surface area contributed by atoms with E-state index in [4.69, 9.17) is 19.7 Å². The van der Waals surface area contributed by atoms with Crippen LogP contribution in [0, 0.1) is 0 Å². The number of para-hydroxylation sites is 1. The van der Waals surface area contributed by atoms with Crippen LogP contribution in [0.2, 0.25) is 0 Å². The normalized spacial score (nSPS) is 19.4. The maximum atomic E-state index is 6.92. The van der Waals surface area contributed by atoms with Gasteiger partial charge in [-0.25, -0.2) is 15.0 Å².